The zero-order valence-electron chi connectivity index (χ0n) is 17.2. The van der Waals surface area contributed by atoms with E-state index in [0.29, 0.717) is 12.3 Å². The van der Waals surface area contributed by atoms with E-state index in [9.17, 15) is 23.1 Å². The highest BCUT2D eigenvalue weighted by atomic mass is 32.2. The molecule has 0 radical (unpaired) electrons. The zero-order valence-corrected chi connectivity index (χ0v) is 18.1. The lowest BCUT2D eigenvalue weighted by molar-refractivity contribution is -0.115. The van der Waals surface area contributed by atoms with Gasteiger partial charge in [-0.3, -0.25) is 9.52 Å². The van der Waals surface area contributed by atoms with Crippen molar-refractivity contribution in [1.82, 2.24) is 0 Å². The molecule has 3 aromatic carbocycles. The molecule has 0 atom stereocenters. The Labute approximate surface area is 185 Å². The van der Waals surface area contributed by atoms with E-state index in [0.717, 1.165) is 11.3 Å². The van der Waals surface area contributed by atoms with Crippen LogP contribution >= 0.6 is 0 Å². The molecule has 0 bridgehead atoms. The Morgan fingerprint density at radius 3 is 2.22 bits per heavy atom. The molecular formula is C23H22N2O6S. The smallest absolute Gasteiger partial charge is 0.337 e. The Kier molecular flexibility index (Phi) is 7.11. The fourth-order valence-corrected chi connectivity index (χ4v) is 4.02. The Hall–Kier alpha value is -3.85. The molecular weight excluding hydrogens is 432 g/mol. The molecule has 0 saturated heterocycles. The van der Waals surface area contributed by atoms with Crippen LogP contribution in [-0.2, 0) is 21.2 Å². The number of hydrogen-bond donors (Lipinski definition) is 3. The van der Waals surface area contributed by atoms with E-state index >= 15 is 0 Å². The summed E-state index contributed by atoms with van der Waals surface area (Å²) in [4.78, 5) is 23.5. The van der Waals surface area contributed by atoms with Gasteiger partial charge in [0, 0.05) is 5.69 Å². The van der Waals surface area contributed by atoms with Crippen LogP contribution in [0.1, 0.15) is 22.8 Å². The average molecular weight is 455 g/mol. The summed E-state index contributed by atoms with van der Waals surface area (Å²) >= 11 is 0. The Balaban J connectivity index is 1.65. The topological polar surface area (TPSA) is 122 Å². The van der Waals surface area contributed by atoms with Gasteiger partial charge in [-0.05, 0) is 61.0 Å². The highest BCUT2D eigenvalue weighted by Gasteiger charge is 2.18. The van der Waals surface area contributed by atoms with Crippen molar-refractivity contribution >= 4 is 33.3 Å². The number of carboxylic acid groups (broad SMARTS) is 1. The minimum atomic E-state index is -4.01. The number of rotatable bonds is 9. The highest BCUT2D eigenvalue weighted by Crippen LogP contribution is 2.21. The van der Waals surface area contributed by atoms with Gasteiger partial charge in [0.15, 0.2) is 0 Å². The number of carbonyl (C=O) groups is 2. The van der Waals surface area contributed by atoms with Gasteiger partial charge in [-0.1, -0.05) is 24.3 Å². The van der Waals surface area contributed by atoms with Gasteiger partial charge in [-0.25, -0.2) is 13.2 Å². The van der Waals surface area contributed by atoms with Gasteiger partial charge in [0.05, 0.1) is 29.2 Å². The highest BCUT2D eigenvalue weighted by molar-refractivity contribution is 7.92. The molecule has 166 valence electrons. The van der Waals surface area contributed by atoms with Crippen LogP contribution in [0.3, 0.4) is 0 Å². The maximum atomic E-state index is 12.6. The largest absolute Gasteiger partial charge is 0.494 e. The van der Waals surface area contributed by atoms with Crippen LogP contribution in [0, 0.1) is 0 Å². The van der Waals surface area contributed by atoms with Crippen molar-refractivity contribution in [3.8, 4) is 5.75 Å². The lowest BCUT2D eigenvalue weighted by Gasteiger charge is -2.11. The van der Waals surface area contributed by atoms with Crippen molar-refractivity contribution in [3.05, 3.63) is 83.9 Å². The third-order valence-electron chi connectivity index (χ3n) is 4.45. The monoisotopic (exact) mass is 454 g/mol. The number of amides is 1. The van der Waals surface area contributed by atoms with Gasteiger partial charge in [-0.15, -0.1) is 0 Å². The number of sulfonamides is 1. The predicted molar refractivity (Wildman–Crippen MR) is 121 cm³/mol. The molecule has 3 aromatic rings. The van der Waals surface area contributed by atoms with Crippen LogP contribution in [0.15, 0.2) is 77.7 Å². The third-order valence-corrected chi connectivity index (χ3v) is 5.83. The molecule has 0 spiro atoms. The second-order valence-corrected chi connectivity index (χ2v) is 8.46. The molecule has 0 aliphatic heterocycles. The van der Waals surface area contributed by atoms with Crippen molar-refractivity contribution < 1.29 is 27.9 Å². The quantitative estimate of drug-likeness (QED) is 0.453. The summed E-state index contributed by atoms with van der Waals surface area (Å²) in [5.74, 6) is -0.764. The summed E-state index contributed by atoms with van der Waals surface area (Å²) in [5.41, 5.74) is 1.05. The van der Waals surface area contributed by atoms with Gasteiger partial charge in [0.2, 0.25) is 5.91 Å². The molecule has 0 fully saturated rings. The number of benzene rings is 3. The van der Waals surface area contributed by atoms with Crippen LogP contribution < -0.4 is 14.8 Å². The van der Waals surface area contributed by atoms with Crippen molar-refractivity contribution in [2.24, 2.45) is 0 Å². The van der Waals surface area contributed by atoms with Crippen molar-refractivity contribution in [1.29, 1.82) is 0 Å². The van der Waals surface area contributed by atoms with Crippen LogP contribution in [0.2, 0.25) is 0 Å². The molecule has 3 N–H and O–H groups in total. The zero-order chi connectivity index (χ0) is 23.1. The first-order valence-corrected chi connectivity index (χ1v) is 11.2. The summed E-state index contributed by atoms with van der Waals surface area (Å²) in [7, 11) is -4.01. The molecule has 0 saturated carbocycles. The van der Waals surface area contributed by atoms with Gasteiger partial charge < -0.3 is 15.2 Å². The predicted octanol–water partition coefficient (Wildman–Crippen LogP) is 3.77. The van der Waals surface area contributed by atoms with Crippen LogP contribution in [0.5, 0.6) is 5.75 Å². The molecule has 3 rings (SSSR count). The fraction of sp³-hybridized carbons (Fsp3) is 0.130. The summed E-state index contributed by atoms with van der Waals surface area (Å²) in [6.45, 7) is 2.45. The number of anilines is 2. The average Bonchev–Trinajstić information content (AvgIpc) is 2.75. The number of aromatic carboxylic acids is 1. The third kappa shape index (κ3) is 5.86. The van der Waals surface area contributed by atoms with Gasteiger partial charge in [-0.2, -0.15) is 0 Å². The molecule has 32 heavy (non-hydrogen) atoms. The molecule has 0 unspecified atom stereocenters. The van der Waals surface area contributed by atoms with Crippen molar-refractivity contribution in [2.45, 2.75) is 18.2 Å². The minimum absolute atomic E-state index is 0.0345. The molecule has 9 heteroatoms. The number of carbonyl (C=O) groups excluding carboxylic acids is 1. The summed E-state index contributed by atoms with van der Waals surface area (Å²) in [5, 5.41) is 11.9. The molecule has 8 nitrogen and oxygen atoms in total. The summed E-state index contributed by atoms with van der Waals surface area (Å²) in [6.07, 6.45) is 0.153. The number of para-hydroxylation sites is 1. The number of hydrogen-bond acceptors (Lipinski definition) is 5. The summed E-state index contributed by atoms with van der Waals surface area (Å²) in [6, 6.07) is 18.5. The van der Waals surface area contributed by atoms with Crippen molar-refractivity contribution in [3.63, 3.8) is 0 Å². The molecule has 0 aliphatic carbocycles. The second-order valence-electron chi connectivity index (χ2n) is 6.78. The molecule has 0 aromatic heterocycles. The van der Waals surface area contributed by atoms with E-state index in [1.54, 1.807) is 24.3 Å². The first-order valence-electron chi connectivity index (χ1n) is 9.75. The maximum Gasteiger partial charge on any atom is 0.337 e. The standard InChI is InChI=1S/C23H22N2O6S/c1-2-31-18-11-7-16(8-12-18)15-22(26)24-17-9-13-19(14-10-17)32(29,30)25-21-6-4-3-5-20(21)23(27)28/h3-14,25H,2,15H2,1H3,(H,24,26)(H,27,28). The van der Waals surface area contributed by atoms with E-state index in [2.05, 4.69) is 10.0 Å². The van der Waals surface area contributed by atoms with Gasteiger partial charge in [0.1, 0.15) is 5.75 Å². The SMILES string of the molecule is CCOc1ccc(CC(=O)Nc2ccc(S(=O)(=O)Nc3ccccc3C(=O)O)cc2)cc1. The first-order chi connectivity index (χ1) is 15.3. The van der Waals surface area contributed by atoms with E-state index < -0.39 is 16.0 Å². The van der Waals surface area contributed by atoms with E-state index in [1.165, 1.54) is 48.5 Å². The van der Waals surface area contributed by atoms with Crippen molar-refractivity contribution in [2.75, 3.05) is 16.6 Å². The summed E-state index contributed by atoms with van der Waals surface area (Å²) < 4.78 is 32.9. The van der Waals surface area contributed by atoms with E-state index in [1.807, 2.05) is 6.92 Å². The molecule has 0 aliphatic rings. The number of nitrogens with one attached hydrogen (secondary N) is 2. The minimum Gasteiger partial charge on any atom is -0.494 e. The van der Waals surface area contributed by atoms with Crippen LogP contribution in [0.4, 0.5) is 11.4 Å². The Bertz CT molecular complexity index is 1210. The van der Waals surface area contributed by atoms with E-state index in [4.69, 9.17) is 4.74 Å². The number of ether oxygens (including phenoxy) is 1. The normalized spacial score (nSPS) is 10.9. The van der Waals surface area contributed by atoms with Crippen LogP contribution in [-0.4, -0.2) is 32.0 Å². The lowest BCUT2D eigenvalue weighted by Crippen LogP contribution is -2.16. The molecule has 1 amide bonds. The first kappa shape index (κ1) is 22.8. The maximum absolute atomic E-state index is 12.6. The van der Waals surface area contributed by atoms with Crippen LogP contribution in [0.25, 0.3) is 0 Å². The Morgan fingerprint density at radius 2 is 1.59 bits per heavy atom. The van der Waals surface area contributed by atoms with E-state index in [-0.39, 0.29) is 28.5 Å². The lowest BCUT2D eigenvalue weighted by atomic mass is 10.1. The molecule has 0 heterocycles. The number of carboxylic acids is 1. The second kappa shape index (κ2) is 9.97. The fourth-order valence-electron chi connectivity index (χ4n) is 2.94. The van der Waals surface area contributed by atoms with Gasteiger partial charge >= 0.3 is 5.97 Å². The van der Waals surface area contributed by atoms with Gasteiger partial charge in [0.25, 0.3) is 10.0 Å². The Morgan fingerprint density at radius 1 is 0.938 bits per heavy atom.